The number of carbonyl (C=O) groups is 1. The lowest BCUT2D eigenvalue weighted by Gasteiger charge is -2.34. The number of hydrogen-bond acceptors (Lipinski definition) is 3. The molecule has 0 spiro atoms. The molecule has 4 aromatic rings. The van der Waals surface area contributed by atoms with Gasteiger partial charge >= 0.3 is 0 Å². The van der Waals surface area contributed by atoms with Crippen molar-refractivity contribution in [3.8, 4) is 0 Å². The number of amides is 1. The molecule has 4 heteroatoms. The van der Waals surface area contributed by atoms with Gasteiger partial charge in [0, 0.05) is 31.1 Å². The van der Waals surface area contributed by atoms with Crippen molar-refractivity contribution in [2.24, 2.45) is 5.92 Å². The molecule has 1 aromatic heterocycles. The van der Waals surface area contributed by atoms with Crippen LogP contribution in [0.5, 0.6) is 0 Å². The van der Waals surface area contributed by atoms with Crippen LogP contribution in [0.15, 0.2) is 95.8 Å². The van der Waals surface area contributed by atoms with Crippen molar-refractivity contribution in [3.05, 3.63) is 108 Å². The van der Waals surface area contributed by atoms with Crippen molar-refractivity contribution in [2.75, 3.05) is 32.7 Å². The number of furan rings is 1. The van der Waals surface area contributed by atoms with E-state index < -0.39 is 0 Å². The second-order valence-corrected chi connectivity index (χ2v) is 10.1. The Morgan fingerprint density at radius 2 is 1.60 bits per heavy atom. The number of benzene rings is 3. The number of hydrogen-bond donors (Lipinski definition) is 0. The number of rotatable bonds is 5. The zero-order valence-electron chi connectivity index (χ0n) is 20.1. The number of fused-ring (bicyclic) bond motifs is 1. The second-order valence-electron chi connectivity index (χ2n) is 10.1. The Morgan fingerprint density at radius 3 is 2.40 bits per heavy atom. The molecule has 0 aliphatic carbocycles. The highest BCUT2D eigenvalue weighted by Crippen LogP contribution is 2.36. The summed E-state index contributed by atoms with van der Waals surface area (Å²) in [4.78, 5) is 18.4. The summed E-state index contributed by atoms with van der Waals surface area (Å²) in [5.74, 6) is 1.50. The summed E-state index contributed by atoms with van der Waals surface area (Å²) in [6, 6.07) is 27.2. The molecule has 6 rings (SSSR count). The molecule has 2 fully saturated rings. The number of likely N-dealkylation sites (tertiary alicyclic amines) is 2. The van der Waals surface area contributed by atoms with Crippen LogP contribution < -0.4 is 0 Å². The first-order chi connectivity index (χ1) is 17.3. The first-order valence-corrected chi connectivity index (χ1v) is 12.8. The third-order valence-electron chi connectivity index (χ3n) is 8.07. The van der Waals surface area contributed by atoms with Gasteiger partial charge in [0.1, 0.15) is 0 Å². The zero-order chi connectivity index (χ0) is 23.6. The molecule has 2 atom stereocenters. The van der Waals surface area contributed by atoms with Gasteiger partial charge < -0.3 is 14.2 Å². The maximum Gasteiger partial charge on any atom is 0.254 e. The summed E-state index contributed by atoms with van der Waals surface area (Å²) in [5, 5.41) is 2.15. The van der Waals surface area contributed by atoms with Crippen LogP contribution in [-0.2, 0) is 0 Å². The number of carbonyl (C=O) groups excluding carboxylic acids is 1. The molecule has 35 heavy (non-hydrogen) atoms. The summed E-state index contributed by atoms with van der Waals surface area (Å²) in [7, 11) is 0. The lowest BCUT2D eigenvalue weighted by atomic mass is 9.87. The van der Waals surface area contributed by atoms with Crippen molar-refractivity contribution in [2.45, 2.75) is 24.7 Å². The lowest BCUT2D eigenvalue weighted by molar-refractivity contribution is 0.0783. The van der Waals surface area contributed by atoms with Gasteiger partial charge in [-0.25, -0.2) is 0 Å². The van der Waals surface area contributed by atoms with Crippen molar-refractivity contribution >= 4 is 16.7 Å². The van der Waals surface area contributed by atoms with E-state index in [0.717, 1.165) is 49.1 Å². The standard InChI is InChI=1S/C31H32N2O2/c34-31(29-12-6-10-25-9-4-5-11-28(25)29)33-20-27(30(21-33)26-15-18-35-22-26)19-32-16-13-24(14-17-32)23-7-2-1-3-8-23/h1-12,15,18,22,24,27,30H,13-14,16-17,19-21H2. The van der Waals surface area contributed by atoms with Gasteiger partial charge in [-0.3, -0.25) is 4.79 Å². The Kier molecular flexibility index (Phi) is 6.13. The van der Waals surface area contributed by atoms with Gasteiger partial charge in [0.2, 0.25) is 0 Å². The van der Waals surface area contributed by atoms with Gasteiger partial charge in [-0.15, -0.1) is 0 Å². The molecule has 4 nitrogen and oxygen atoms in total. The average molecular weight is 465 g/mol. The smallest absolute Gasteiger partial charge is 0.254 e. The quantitative estimate of drug-likeness (QED) is 0.354. The van der Waals surface area contributed by atoms with Crippen LogP contribution in [-0.4, -0.2) is 48.4 Å². The maximum absolute atomic E-state index is 13.7. The summed E-state index contributed by atoms with van der Waals surface area (Å²) >= 11 is 0. The van der Waals surface area contributed by atoms with E-state index in [-0.39, 0.29) is 5.91 Å². The minimum Gasteiger partial charge on any atom is -0.472 e. The molecule has 0 N–H and O–H groups in total. The van der Waals surface area contributed by atoms with Crippen LogP contribution in [0.3, 0.4) is 0 Å². The SMILES string of the molecule is O=C(c1cccc2ccccc12)N1CC(CN2CCC(c3ccccc3)CC2)C(c2ccoc2)C1. The minimum atomic E-state index is 0.139. The van der Waals surface area contributed by atoms with Crippen LogP contribution in [0, 0.1) is 5.92 Å². The number of piperidine rings is 1. The van der Waals surface area contributed by atoms with E-state index in [0.29, 0.717) is 17.8 Å². The Balaban J connectivity index is 1.18. The normalized spacial score (nSPS) is 21.5. The molecule has 2 aliphatic heterocycles. The first-order valence-electron chi connectivity index (χ1n) is 12.8. The molecule has 3 aromatic carbocycles. The average Bonchev–Trinajstić information content (AvgIpc) is 3.59. The van der Waals surface area contributed by atoms with Gasteiger partial charge in [-0.2, -0.15) is 0 Å². The minimum absolute atomic E-state index is 0.139. The third kappa shape index (κ3) is 4.51. The number of nitrogens with zero attached hydrogens (tertiary/aromatic N) is 2. The predicted octanol–water partition coefficient (Wildman–Crippen LogP) is 6.17. The molecule has 178 valence electrons. The predicted molar refractivity (Wildman–Crippen MR) is 140 cm³/mol. The third-order valence-corrected chi connectivity index (χ3v) is 8.07. The van der Waals surface area contributed by atoms with Crippen LogP contribution in [0.25, 0.3) is 10.8 Å². The Hall–Kier alpha value is -3.37. The van der Waals surface area contributed by atoms with Gasteiger partial charge in [0.15, 0.2) is 0 Å². The maximum atomic E-state index is 13.7. The molecular weight excluding hydrogens is 432 g/mol. The topological polar surface area (TPSA) is 36.7 Å². The molecule has 0 bridgehead atoms. The van der Waals surface area contributed by atoms with Gasteiger partial charge in [0.25, 0.3) is 5.91 Å². The van der Waals surface area contributed by atoms with Crippen LogP contribution >= 0.6 is 0 Å². The van der Waals surface area contributed by atoms with Gasteiger partial charge in [-0.05, 0) is 71.8 Å². The molecule has 3 heterocycles. The van der Waals surface area contributed by atoms with E-state index in [4.69, 9.17) is 4.42 Å². The molecule has 0 radical (unpaired) electrons. The van der Waals surface area contributed by atoms with E-state index in [1.54, 1.807) is 6.26 Å². The van der Waals surface area contributed by atoms with Crippen molar-refractivity contribution in [1.29, 1.82) is 0 Å². The van der Waals surface area contributed by atoms with Gasteiger partial charge in [0.05, 0.1) is 12.5 Å². The Morgan fingerprint density at radius 1 is 0.829 bits per heavy atom. The summed E-state index contributed by atoms with van der Waals surface area (Å²) in [6.45, 7) is 4.79. The molecule has 1 amide bonds. The molecule has 2 unspecified atom stereocenters. The van der Waals surface area contributed by atoms with Crippen LogP contribution in [0.1, 0.15) is 46.2 Å². The molecule has 2 aliphatic rings. The monoisotopic (exact) mass is 464 g/mol. The summed E-state index contributed by atoms with van der Waals surface area (Å²) in [6.07, 6.45) is 6.02. The summed E-state index contributed by atoms with van der Waals surface area (Å²) in [5.41, 5.74) is 3.48. The largest absolute Gasteiger partial charge is 0.472 e. The highest BCUT2D eigenvalue weighted by atomic mass is 16.3. The Labute approximate surface area is 207 Å². The fourth-order valence-corrected chi connectivity index (χ4v) is 6.17. The van der Waals surface area contributed by atoms with Crippen LogP contribution in [0.4, 0.5) is 0 Å². The fourth-order valence-electron chi connectivity index (χ4n) is 6.17. The van der Waals surface area contributed by atoms with Crippen molar-refractivity contribution < 1.29 is 9.21 Å². The van der Waals surface area contributed by atoms with Crippen molar-refractivity contribution in [1.82, 2.24) is 9.80 Å². The van der Waals surface area contributed by atoms with E-state index >= 15 is 0 Å². The molecule has 0 saturated carbocycles. The van der Waals surface area contributed by atoms with E-state index in [2.05, 4.69) is 64.4 Å². The van der Waals surface area contributed by atoms with E-state index in [1.807, 2.05) is 30.5 Å². The highest BCUT2D eigenvalue weighted by molar-refractivity contribution is 6.07. The first kappa shape index (κ1) is 22.1. The van der Waals surface area contributed by atoms with Crippen molar-refractivity contribution in [3.63, 3.8) is 0 Å². The van der Waals surface area contributed by atoms with E-state index in [1.165, 1.54) is 24.0 Å². The highest BCUT2D eigenvalue weighted by Gasteiger charge is 2.38. The molecular formula is C31H32N2O2. The van der Waals surface area contributed by atoms with Crippen LogP contribution in [0.2, 0.25) is 0 Å². The second kappa shape index (κ2) is 9.71. The van der Waals surface area contributed by atoms with E-state index in [9.17, 15) is 4.79 Å². The summed E-state index contributed by atoms with van der Waals surface area (Å²) < 4.78 is 5.45. The Bertz CT molecular complexity index is 1270. The van der Waals surface area contributed by atoms with Gasteiger partial charge in [-0.1, -0.05) is 66.7 Å². The zero-order valence-corrected chi connectivity index (χ0v) is 20.1. The molecule has 2 saturated heterocycles. The fraction of sp³-hybridized carbons (Fsp3) is 0.323. The lowest BCUT2D eigenvalue weighted by Crippen LogP contribution is -2.38.